The van der Waals surface area contributed by atoms with Crippen LogP contribution in [0.4, 0.5) is 0 Å². The Bertz CT molecular complexity index is 556. The van der Waals surface area contributed by atoms with Crippen LogP contribution in [0.15, 0.2) is 36.1 Å². The van der Waals surface area contributed by atoms with E-state index in [2.05, 4.69) is 9.97 Å². The van der Waals surface area contributed by atoms with Gasteiger partial charge in [0.1, 0.15) is 0 Å². The SMILES string of the molecule is O=C(c1cccnc1)N1CCC[C@@H](Cc2nccs2)C1. The molecule has 1 aliphatic heterocycles. The Hall–Kier alpha value is -1.75. The Morgan fingerprint density at radius 2 is 2.40 bits per heavy atom. The van der Waals surface area contributed by atoms with E-state index in [1.54, 1.807) is 23.7 Å². The van der Waals surface area contributed by atoms with Crippen LogP contribution in [0.2, 0.25) is 0 Å². The molecule has 0 spiro atoms. The van der Waals surface area contributed by atoms with Gasteiger partial charge in [-0.3, -0.25) is 9.78 Å². The van der Waals surface area contributed by atoms with Gasteiger partial charge in [0.05, 0.1) is 10.6 Å². The van der Waals surface area contributed by atoms with Gasteiger partial charge >= 0.3 is 0 Å². The summed E-state index contributed by atoms with van der Waals surface area (Å²) in [6.45, 7) is 1.68. The van der Waals surface area contributed by atoms with Crippen LogP contribution in [-0.4, -0.2) is 33.9 Å². The van der Waals surface area contributed by atoms with E-state index < -0.39 is 0 Å². The molecule has 20 heavy (non-hydrogen) atoms. The predicted octanol–water partition coefficient (Wildman–Crippen LogP) is 2.63. The van der Waals surface area contributed by atoms with Crippen molar-refractivity contribution in [2.45, 2.75) is 19.3 Å². The van der Waals surface area contributed by atoms with Crippen molar-refractivity contribution in [3.8, 4) is 0 Å². The third kappa shape index (κ3) is 3.04. The van der Waals surface area contributed by atoms with E-state index in [-0.39, 0.29) is 5.91 Å². The quantitative estimate of drug-likeness (QED) is 0.872. The number of rotatable bonds is 3. The maximum absolute atomic E-state index is 12.4. The number of carbonyl (C=O) groups excluding carboxylic acids is 1. The van der Waals surface area contributed by atoms with Crippen LogP contribution < -0.4 is 0 Å². The van der Waals surface area contributed by atoms with Crippen LogP contribution in [0.25, 0.3) is 0 Å². The molecule has 104 valence electrons. The highest BCUT2D eigenvalue weighted by Gasteiger charge is 2.25. The molecule has 2 aromatic rings. The minimum absolute atomic E-state index is 0.0990. The first kappa shape index (κ1) is 13.2. The van der Waals surface area contributed by atoms with Crippen LogP contribution in [0, 0.1) is 5.92 Å². The molecule has 5 heteroatoms. The Balaban J connectivity index is 1.64. The summed E-state index contributed by atoms with van der Waals surface area (Å²) >= 11 is 1.70. The van der Waals surface area contributed by atoms with Gasteiger partial charge in [-0.25, -0.2) is 4.98 Å². The third-order valence-electron chi connectivity index (χ3n) is 3.66. The fourth-order valence-corrected chi connectivity index (χ4v) is 3.42. The number of likely N-dealkylation sites (tertiary alicyclic amines) is 1. The number of hydrogen-bond acceptors (Lipinski definition) is 4. The van der Waals surface area contributed by atoms with Crippen molar-refractivity contribution < 1.29 is 4.79 Å². The zero-order chi connectivity index (χ0) is 13.8. The van der Waals surface area contributed by atoms with Crippen molar-refractivity contribution in [2.24, 2.45) is 5.92 Å². The van der Waals surface area contributed by atoms with Crippen LogP contribution in [0.3, 0.4) is 0 Å². The molecule has 0 bridgehead atoms. The van der Waals surface area contributed by atoms with E-state index >= 15 is 0 Å². The van der Waals surface area contributed by atoms with Crippen molar-refractivity contribution in [1.82, 2.24) is 14.9 Å². The van der Waals surface area contributed by atoms with Crippen LogP contribution in [-0.2, 0) is 6.42 Å². The Morgan fingerprint density at radius 1 is 1.45 bits per heavy atom. The highest BCUT2D eigenvalue weighted by Crippen LogP contribution is 2.22. The summed E-state index contributed by atoms with van der Waals surface area (Å²) in [6.07, 6.45) is 8.42. The summed E-state index contributed by atoms with van der Waals surface area (Å²) in [4.78, 5) is 22.7. The number of nitrogens with zero attached hydrogens (tertiary/aromatic N) is 3. The zero-order valence-corrected chi connectivity index (χ0v) is 12.1. The lowest BCUT2D eigenvalue weighted by Crippen LogP contribution is -2.40. The Kier molecular flexibility index (Phi) is 4.06. The lowest BCUT2D eigenvalue weighted by molar-refractivity contribution is 0.0673. The number of carbonyl (C=O) groups is 1. The summed E-state index contributed by atoms with van der Waals surface area (Å²) in [6, 6.07) is 3.64. The molecule has 0 radical (unpaired) electrons. The monoisotopic (exact) mass is 287 g/mol. The van der Waals surface area contributed by atoms with E-state index in [0.717, 1.165) is 25.9 Å². The molecule has 0 aliphatic carbocycles. The molecular formula is C15H17N3OS. The standard InChI is InChI=1S/C15H17N3OS/c19-15(13-4-1-5-16-10-13)18-7-2-3-12(11-18)9-14-17-6-8-20-14/h1,4-6,8,10,12H,2-3,7,9,11H2/t12-/m0/s1. The fraction of sp³-hybridized carbons (Fsp3) is 0.400. The Labute approximate surface area is 122 Å². The van der Waals surface area contributed by atoms with Gasteiger partial charge < -0.3 is 4.90 Å². The largest absolute Gasteiger partial charge is 0.338 e. The normalized spacial score (nSPS) is 19.0. The van der Waals surface area contributed by atoms with Gasteiger partial charge in [0, 0.05) is 43.5 Å². The van der Waals surface area contributed by atoms with Crippen LogP contribution >= 0.6 is 11.3 Å². The first-order valence-electron chi connectivity index (χ1n) is 6.90. The molecule has 1 aliphatic rings. The molecule has 0 saturated carbocycles. The zero-order valence-electron chi connectivity index (χ0n) is 11.2. The third-order valence-corrected chi connectivity index (χ3v) is 4.46. The Morgan fingerprint density at radius 3 is 3.15 bits per heavy atom. The minimum atomic E-state index is 0.0990. The molecule has 4 nitrogen and oxygen atoms in total. The van der Waals surface area contributed by atoms with Gasteiger partial charge in [0.2, 0.25) is 0 Å². The summed E-state index contributed by atoms with van der Waals surface area (Å²) < 4.78 is 0. The van der Waals surface area contributed by atoms with E-state index in [1.807, 2.05) is 28.6 Å². The van der Waals surface area contributed by atoms with Crippen molar-refractivity contribution in [2.75, 3.05) is 13.1 Å². The number of thiazole rings is 1. The second kappa shape index (κ2) is 6.13. The van der Waals surface area contributed by atoms with Crippen molar-refractivity contribution in [1.29, 1.82) is 0 Å². The number of hydrogen-bond donors (Lipinski definition) is 0. The highest BCUT2D eigenvalue weighted by atomic mass is 32.1. The second-order valence-electron chi connectivity index (χ2n) is 5.13. The van der Waals surface area contributed by atoms with Crippen molar-refractivity contribution in [3.63, 3.8) is 0 Å². The van der Waals surface area contributed by atoms with Gasteiger partial charge in [-0.15, -0.1) is 11.3 Å². The minimum Gasteiger partial charge on any atom is -0.338 e. The van der Waals surface area contributed by atoms with Crippen LogP contribution in [0.1, 0.15) is 28.2 Å². The summed E-state index contributed by atoms with van der Waals surface area (Å²) in [7, 11) is 0. The molecule has 0 unspecified atom stereocenters. The maximum Gasteiger partial charge on any atom is 0.255 e. The molecule has 0 N–H and O–H groups in total. The highest BCUT2D eigenvalue weighted by molar-refractivity contribution is 7.09. The smallest absolute Gasteiger partial charge is 0.255 e. The summed E-state index contributed by atoms with van der Waals surface area (Å²) in [5.41, 5.74) is 0.683. The molecule has 1 atom stereocenters. The van der Waals surface area contributed by atoms with Gasteiger partial charge in [-0.1, -0.05) is 0 Å². The first-order valence-corrected chi connectivity index (χ1v) is 7.78. The molecule has 1 saturated heterocycles. The average molecular weight is 287 g/mol. The molecule has 1 amide bonds. The second-order valence-corrected chi connectivity index (χ2v) is 6.11. The van der Waals surface area contributed by atoms with Crippen LogP contribution in [0.5, 0.6) is 0 Å². The molecule has 0 aromatic carbocycles. The molecule has 3 heterocycles. The van der Waals surface area contributed by atoms with Gasteiger partial charge in [0.25, 0.3) is 5.91 Å². The van der Waals surface area contributed by atoms with E-state index in [4.69, 9.17) is 0 Å². The summed E-state index contributed by atoms with van der Waals surface area (Å²) in [5, 5.41) is 3.18. The maximum atomic E-state index is 12.4. The average Bonchev–Trinajstić information content (AvgIpc) is 3.01. The van der Waals surface area contributed by atoms with E-state index in [1.165, 1.54) is 11.4 Å². The van der Waals surface area contributed by atoms with Gasteiger partial charge in [0.15, 0.2) is 0 Å². The van der Waals surface area contributed by atoms with E-state index in [0.29, 0.717) is 11.5 Å². The van der Waals surface area contributed by atoms with Gasteiger partial charge in [-0.2, -0.15) is 0 Å². The van der Waals surface area contributed by atoms with Crippen molar-refractivity contribution in [3.05, 3.63) is 46.7 Å². The lowest BCUT2D eigenvalue weighted by atomic mass is 9.94. The fourth-order valence-electron chi connectivity index (χ4n) is 2.69. The predicted molar refractivity (Wildman–Crippen MR) is 78.7 cm³/mol. The molecule has 1 fully saturated rings. The molecular weight excluding hydrogens is 270 g/mol. The molecule has 3 rings (SSSR count). The number of amides is 1. The molecule has 2 aromatic heterocycles. The van der Waals surface area contributed by atoms with E-state index in [9.17, 15) is 4.79 Å². The van der Waals surface area contributed by atoms with Crippen molar-refractivity contribution >= 4 is 17.2 Å². The number of pyridine rings is 1. The summed E-state index contributed by atoms with van der Waals surface area (Å²) in [5.74, 6) is 0.623. The first-order chi connectivity index (χ1) is 9.83. The number of aromatic nitrogens is 2. The lowest BCUT2D eigenvalue weighted by Gasteiger charge is -2.32. The van der Waals surface area contributed by atoms with Gasteiger partial charge in [-0.05, 0) is 30.9 Å². The number of piperidine rings is 1. The topological polar surface area (TPSA) is 46.1 Å².